The van der Waals surface area contributed by atoms with Crippen LogP contribution in [0.4, 0.5) is 11.9 Å². The van der Waals surface area contributed by atoms with Gasteiger partial charge in [0.1, 0.15) is 6.33 Å². The van der Waals surface area contributed by atoms with E-state index in [0.717, 1.165) is 6.42 Å². The molecule has 32 heavy (non-hydrogen) atoms. The fraction of sp³-hybridized carbons (Fsp3) is 0.550. The summed E-state index contributed by atoms with van der Waals surface area (Å²) in [6.07, 6.45) is 2.72. The number of benzene rings is 1. The molecule has 11 nitrogen and oxygen atoms in total. The van der Waals surface area contributed by atoms with E-state index in [1.54, 1.807) is 7.11 Å². The fourth-order valence-corrected chi connectivity index (χ4v) is 4.88. The van der Waals surface area contributed by atoms with E-state index < -0.39 is 16.4 Å². The number of nitrogens with one attached hydrogen (secondary N) is 2. The molecule has 0 saturated heterocycles. The first-order valence-corrected chi connectivity index (χ1v) is 11.9. The summed E-state index contributed by atoms with van der Waals surface area (Å²) in [6.45, 7) is 0.402. The van der Waals surface area contributed by atoms with E-state index in [0.29, 0.717) is 31.3 Å². The summed E-state index contributed by atoms with van der Waals surface area (Å²) < 4.78 is 32.2. The van der Waals surface area contributed by atoms with Crippen LogP contribution in [-0.2, 0) is 25.6 Å². The Hall–Kier alpha value is -2.38. The largest absolute Gasteiger partial charge is 0.393 e. The van der Waals surface area contributed by atoms with Gasteiger partial charge in [-0.2, -0.15) is 13.4 Å². The molecule has 4 rings (SSSR count). The highest BCUT2D eigenvalue weighted by Crippen LogP contribution is 2.35. The van der Waals surface area contributed by atoms with Crippen molar-refractivity contribution in [3.8, 4) is 0 Å². The molecule has 2 aliphatic carbocycles. The van der Waals surface area contributed by atoms with Crippen molar-refractivity contribution in [2.45, 2.75) is 37.5 Å². The summed E-state index contributed by atoms with van der Waals surface area (Å²) >= 11 is 0. The SMILES string of the molecule is CO[C@H]1Cc2ccccc2[C@H]1Nc1ncnc(NC[C@@H]2C[C@@H](COS(N)(=O)=O)[C@@H](O)C2)n1. The van der Waals surface area contributed by atoms with Crippen LogP contribution in [0.25, 0.3) is 0 Å². The van der Waals surface area contributed by atoms with Crippen molar-refractivity contribution >= 4 is 22.2 Å². The molecule has 1 aromatic heterocycles. The van der Waals surface area contributed by atoms with Crippen molar-refractivity contribution in [3.05, 3.63) is 41.7 Å². The molecular weight excluding hydrogens is 436 g/mol. The van der Waals surface area contributed by atoms with Gasteiger partial charge in [-0.1, -0.05) is 24.3 Å². The van der Waals surface area contributed by atoms with Gasteiger partial charge in [0.05, 0.1) is 24.9 Å². The van der Waals surface area contributed by atoms with Crippen LogP contribution in [0, 0.1) is 11.8 Å². The highest BCUT2D eigenvalue weighted by molar-refractivity contribution is 7.84. The lowest BCUT2D eigenvalue weighted by molar-refractivity contribution is 0.0958. The van der Waals surface area contributed by atoms with Crippen molar-refractivity contribution in [2.75, 3.05) is 30.9 Å². The number of aliphatic hydroxyl groups is 1. The zero-order chi connectivity index (χ0) is 22.7. The predicted molar refractivity (Wildman–Crippen MR) is 117 cm³/mol. The normalized spacial score (nSPS) is 27.3. The number of anilines is 2. The second kappa shape index (κ2) is 9.63. The number of hydrogen-bond donors (Lipinski definition) is 4. The zero-order valence-electron chi connectivity index (χ0n) is 17.7. The Labute approximate surface area is 187 Å². The van der Waals surface area contributed by atoms with E-state index in [2.05, 4.69) is 41.9 Å². The van der Waals surface area contributed by atoms with Gasteiger partial charge >= 0.3 is 10.3 Å². The predicted octanol–water partition coefficient (Wildman–Crippen LogP) is 0.615. The lowest BCUT2D eigenvalue weighted by Crippen LogP contribution is -2.24. The quantitative estimate of drug-likeness (QED) is 0.414. The van der Waals surface area contributed by atoms with E-state index in [9.17, 15) is 13.5 Å². The molecule has 1 fully saturated rings. The van der Waals surface area contributed by atoms with Gasteiger partial charge < -0.3 is 20.5 Å². The number of hydrogen-bond acceptors (Lipinski definition) is 10. The Morgan fingerprint density at radius 1 is 1.22 bits per heavy atom. The molecule has 0 amide bonds. The topological polar surface area (TPSA) is 162 Å². The van der Waals surface area contributed by atoms with Gasteiger partial charge in [0, 0.05) is 26.0 Å². The van der Waals surface area contributed by atoms with E-state index in [1.165, 1.54) is 17.5 Å². The maximum absolute atomic E-state index is 11.0. The monoisotopic (exact) mass is 464 g/mol. The van der Waals surface area contributed by atoms with E-state index in [1.807, 2.05) is 12.1 Å². The van der Waals surface area contributed by atoms with Gasteiger partial charge in [0.25, 0.3) is 0 Å². The molecular formula is C20H28N6O5S. The maximum atomic E-state index is 11.0. The first-order valence-electron chi connectivity index (χ1n) is 10.5. The minimum absolute atomic E-state index is 0.0166. The van der Waals surface area contributed by atoms with Crippen LogP contribution in [0.1, 0.15) is 30.0 Å². The molecule has 0 aliphatic heterocycles. The van der Waals surface area contributed by atoms with Crippen LogP contribution in [-0.4, -0.2) is 60.9 Å². The Morgan fingerprint density at radius 2 is 2.00 bits per heavy atom. The van der Waals surface area contributed by atoms with Crippen molar-refractivity contribution in [1.82, 2.24) is 15.0 Å². The van der Waals surface area contributed by atoms with E-state index >= 15 is 0 Å². The van der Waals surface area contributed by atoms with Crippen LogP contribution in [0.3, 0.4) is 0 Å². The molecule has 0 bridgehead atoms. The molecule has 1 heterocycles. The maximum Gasteiger partial charge on any atom is 0.333 e. The average Bonchev–Trinajstić information content (AvgIpc) is 3.30. The van der Waals surface area contributed by atoms with Crippen molar-refractivity contribution in [1.29, 1.82) is 0 Å². The lowest BCUT2D eigenvalue weighted by Gasteiger charge is -2.21. The summed E-state index contributed by atoms with van der Waals surface area (Å²) in [4.78, 5) is 12.9. The van der Waals surface area contributed by atoms with Gasteiger partial charge in [-0.05, 0) is 29.9 Å². The highest BCUT2D eigenvalue weighted by atomic mass is 32.2. The number of nitrogens with zero attached hydrogens (tertiary/aromatic N) is 3. The molecule has 0 spiro atoms. The molecule has 0 unspecified atom stereocenters. The molecule has 1 saturated carbocycles. The van der Waals surface area contributed by atoms with Crippen molar-refractivity contribution in [3.63, 3.8) is 0 Å². The second-order valence-electron chi connectivity index (χ2n) is 8.25. The fourth-order valence-electron chi connectivity index (χ4n) is 4.52. The summed E-state index contributed by atoms with van der Waals surface area (Å²) in [5, 5.41) is 21.6. The first kappa shape index (κ1) is 22.8. The summed E-state index contributed by atoms with van der Waals surface area (Å²) in [7, 11) is -2.32. The summed E-state index contributed by atoms with van der Waals surface area (Å²) in [5.41, 5.74) is 2.41. The van der Waals surface area contributed by atoms with E-state index in [4.69, 9.17) is 9.88 Å². The van der Waals surface area contributed by atoms with Crippen LogP contribution < -0.4 is 15.8 Å². The van der Waals surface area contributed by atoms with Crippen LogP contribution in [0.5, 0.6) is 0 Å². The number of rotatable bonds is 9. The standard InChI is InChI=1S/C20H28N6O5S/c1-30-17-8-13-4-2-3-5-15(13)18(17)25-20-24-11-23-19(26-20)22-9-12-6-14(16(27)7-12)10-31-32(21,28)29/h2-5,11-12,14,16-18,27H,6-10H2,1H3,(H2,21,28,29)(H2,22,23,24,25,26)/t12-,14+,16+,17+,18-/m1/s1. The molecule has 174 valence electrons. The number of ether oxygens (including phenoxy) is 1. The minimum atomic E-state index is -4.02. The third-order valence-electron chi connectivity index (χ3n) is 6.09. The van der Waals surface area contributed by atoms with Crippen molar-refractivity contribution < 1.29 is 22.4 Å². The lowest BCUT2D eigenvalue weighted by atomic mass is 10.1. The average molecular weight is 465 g/mol. The van der Waals surface area contributed by atoms with Gasteiger partial charge in [-0.15, -0.1) is 0 Å². The summed E-state index contributed by atoms with van der Waals surface area (Å²) in [6, 6.07) is 8.14. The third-order valence-corrected chi connectivity index (χ3v) is 6.56. The Kier molecular flexibility index (Phi) is 6.86. The molecule has 5 atom stereocenters. The number of aromatic nitrogens is 3. The molecule has 2 aliphatic rings. The van der Waals surface area contributed by atoms with Crippen LogP contribution in [0.2, 0.25) is 0 Å². The van der Waals surface area contributed by atoms with Gasteiger partial charge in [0.2, 0.25) is 11.9 Å². The van der Waals surface area contributed by atoms with Gasteiger partial charge in [-0.3, -0.25) is 4.18 Å². The molecule has 1 aromatic carbocycles. The number of methoxy groups -OCH3 is 1. The molecule has 2 aromatic rings. The van der Waals surface area contributed by atoms with Crippen LogP contribution >= 0.6 is 0 Å². The Bertz CT molecular complexity index is 1040. The van der Waals surface area contributed by atoms with Gasteiger partial charge in [-0.25, -0.2) is 15.1 Å². The van der Waals surface area contributed by atoms with Gasteiger partial charge in [0.15, 0.2) is 0 Å². The molecule has 5 N–H and O–H groups in total. The minimum Gasteiger partial charge on any atom is -0.393 e. The second-order valence-corrected chi connectivity index (χ2v) is 9.48. The number of fused-ring (bicyclic) bond motifs is 1. The van der Waals surface area contributed by atoms with E-state index in [-0.39, 0.29) is 30.6 Å². The third kappa shape index (κ3) is 5.51. The van der Waals surface area contributed by atoms with Crippen molar-refractivity contribution in [2.24, 2.45) is 17.0 Å². The first-order chi connectivity index (χ1) is 15.3. The zero-order valence-corrected chi connectivity index (χ0v) is 18.5. The van der Waals surface area contributed by atoms with Crippen LogP contribution in [0.15, 0.2) is 30.6 Å². The molecule has 0 radical (unpaired) electrons. The summed E-state index contributed by atoms with van der Waals surface area (Å²) in [5.74, 6) is 0.689. The highest BCUT2D eigenvalue weighted by Gasteiger charge is 2.34. The number of nitrogens with two attached hydrogens (primary N) is 1. The molecule has 12 heteroatoms. The smallest absolute Gasteiger partial charge is 0.333 e. The Balaban J connectivity index is 1.34. The Morgan fingerprint density at radius 3 is 2.78 bits per heavy atom. The number of aliphatic hydroxyl groups excluding tert-OH is 1.